The van der Waals surface area contributed by atoms with Gasteiger partial charge in [0.05, 0.1) is 23.8 Å². The molecule has 20 heavy (non-hydrogen) atoms. The summed E-state index contributed by atoms with van der Waals surface area (Å²) in [7, 11) is -3.61. The van der Waals surface area contributed by atoms with Crippen LogP contribution in [0.4, 0.5) is 0 Å². The molecule has 0 spiro atoms. The van der Waals surface area contributed by atoms with Crippen LogP contribution < -0.4 is 0 Å². The molecule has 1 aromatic rings. The molecular formula is C12H14Cl2N2O3S. The van der Waals surface area contributed by atoms with Crippen molar-refractivity contribution in [2.75, 3.05) is 13.2 Å². The molecule has 2 aliphatic rings. The van der Waals surface area contributed by atoms with Crippen LogP contribution in [0.3, 0.4) is 0 Å². The Morgan fingerprint density at radius 2 is 2.15 bits per heavy atom. The highest BCUT2D eigenvalue weighted by Gasteiger charge is 2.42. The number of pyridine rings is 1. The summed E-state index contributed by atoms with van der Waals surface area (Å²) < 4.78 is 32.6. The van der Waals surface area contributed by atoms with Gasteiger partial charge in [0.2, 0.25) is 10.0 Å². The van der Waals surface area contributed by atoms with Crippen molar-refractivity contribution in [2.24, 2.45) is 0 Å². The van der Waals surface area contributed by atoms with Crippen LogP contribution in [0.15, 0.2) is 17.2 Å². The quantitative estimate of drug-likeness (QED) is 0.777. The van der Waals surface area contributed by atoms with Crippen LogP contribution >= 0.6 is 23.2 Å². The average molecular weight is 337 g/mol. The van der Waals surface area contributed by atoms with Gasteiger partial charge in [0.25, 0.3) is 0 Å². The maximum absolute atomic E-state index is 12.7. The van der Waals surface area contributed by atoms with E-state index in [4.69, 9.17) is 27.9 Å². The summed E-state index contributed by atoms with van der Waals surface area (Å²) in [5.41, 5.74) is 0. The van der Waals surface area contributed by atoms with Gasteiger partial charge in [0.1, 0.15) is 10.0 Å². The Hall–Kier alpha value is -0.400. The van der Waals surface area contributed by atoms with Crippen molar-refractivity contribution in [1.29, 1.82) is 0 Å². The second kappa shape index (κ2) is 5.42. The summed E-state index contributed by atoms with van der Waals surface area (Å²) in [5.74, 6) is 0. The van der Waals surface area contributed by atoms with Crippen LogP contribution in [0.25, 0.3) is 0 Å². The van der Waals surface area contributed by atoms with Crippen molar-refractivity contribution >= 4 is 33.2 Å². The Morgan fingerprint density at radius 3 is 2.90 bits per heavy atom. The maximum atomic E-state index is 12.7. The number of sulfonamides is 1. The Kier molecular flexibility index (Phi) is 3.94. The fourth-order valence-electron chi connectivity index (χ4n) is 2.87. The van der Waals surface area contributed by atoms with E-state index in [-0.39, 0.29) is 27.2 Å². The van der Waals surface area contributed by atoms with Crippen molar-refractivity contribution in [3.63, 3.8) is 0 Å². The Bertz CT molecular complexity index is 623. The third-order valence-electron chi connectivity index (χ3n) is 3.81. The van der Waals surface area contributed by atoms with Gasteiger partial charge in [0.15, 0.2) is 0 Å². The minimum atomic E-state index is -3.61. The molecule has 0 N–H and O–H groups in total. The summed E-state index contributed by atoms with van der Waals surface area (Å²) in [6.45, 7) is 0.791. The van der Waals surface area contributed by atoms with Crippen LogP contribution in [0.1, 0.15) is 19.3 Å². The number of hydrogen-bond acceptors (Lipinski definition) is 4. The molecular weight excluding hydrogens is 323 g/mol. The standard InChI is InChI=1S/C12H14Cl2N2O3S/c13-9-6-8(7-15-12(9)14)20(17,18)16-4-5-19-11-3-1-2-10(11)16/h6-7,10-11H,1-5H2. The third-order valence-corrected chi connectivity index (χ3v) is 6.38. The zero-order valence-corrected chi connectivity index (χ0v) is 13.0. The van der Waals surface area contributed by atoms with Gasteiger partial charge in [-0.25, -0.2) is 13.4 Å². The molecule has 0 bridgehead atoms. The van der Waals surface area contributed by atoms with Crippen LogP contribution in [0.5, 0.6) is 0 Å². The molecule has 8 heteroatoms. The zero-order valence-electron chi connectivity index (χ0n) is 10.6. The van der Waals surface area contributed by atoms with E-state index in [0.29, 0.717) is 13.2 Å². The van der Waals surface area contributed by atoms with Crippen molar-refractivity contribution in [3.05, 3.63) is 22.4 Å². The minimum Gasteiger partial charge on any atom is -0.375 e. The van der Waals surface area contributed by atoms with E-state index >= 15 is 0 Å². The topological polar surface area (TPSA) is 59.5 Å². The summed E-state index contributed by atoms with van der Waals surface area (Å²) in [5, 5.41) is 0.246. The van der Waals surface area contributed by atoms with Gasteiger partial charge in [-0.2, -0.15) is 4.31 Å². The smallest absolute Gasteiger partial charge is 0.245 e. The average Bonchev–Trinajstić information content (AvgIpc) is 2.89. The van der Waals surface area contributed by atoms with E-state index in [2.05, 4.69) is 4.98 Å². The van der Waals surface area contributed by atoms with Gasteiger partial charge in [-0.05, 0) is 25.3 Å². The number of nitrogens with zero attached hydrogens (tertiary/aromatic N) is 2. The lowest BCUT2D eigenvalue weighted by Gasteiger charge is -2.36. The fraction of sp³-hybridized carbons (Fsp3) is 0.583. The van der Waals surface area contributed by atoms with Crippen molar-refractivity contribution in [2.45, 2.75) is 36.3 Å². The van der Waals surface area contributed by atoms with Crippen LogP contribution in [0.2, 0.25) is 10.2 Å². The number of halogens is 2. The molecule has 1 aromatic heterocycles. The first-order valence-corrected chi connectivity index (χ1v) is 8.64. The lowest BCUT2D eigenvalue weighted by molar-refractivity contribution is -0.0241. The maximum Gasteiger partial charge on any atom is 0.245 e. The molecule has 2 fully saturated rings. The van der Waals surface area contributed by atoms with Crippen molar-refractivity contribution < 1.29 is 13.2 Å². The third kappa shape index (κ3) is 2.44. The van der Waals surface area contributed by atoms with Gasteiger partial charge in [-0.1, -0.05) is 23.2 Å². The molecule has 2 unspecified atom stereocenters. The van der Waals surface area contributed by atoms with Crippen LogP contribution in [-0.4, -0.2) is 43.0 Å². The summed E-state index contributed by atoms with van der Waals surface area (Å²) in [6, 6.07) is 1.27. The van der Waals surface area contributed by atoms with E-state index in [1.807, 2.05) is 0 Å². The number of fused-ring (bicyclic) bond motifs is 1. The number of rotatable bonds is 2. The number of hydrogen-bond donors (Lipinski definition) is 0. The second-order valence-corrected chi connectivity index (χ2v) is 7.62. The SMILES string of the molecule is O=S(=O)(c1cnc(Cl)c(Cl)c1)N1CCOC2CCCC21. The highest BCUT2D eigenvalue weighted by molar-refractivity contribution is 7.89. The molecule has 1 aliphatic heterocycles. The molecule has 5 nitrogen and oxygen atoms in total. The molecule has 1 saturated carbocycles. The first kappa shape index (κ1) is 14.5. The van der Waals surface area contributed by atoms with Crippen molar-refractivity contribution in [3.8, 4) is 0 Å². The Labute approximate surface area is 127 Å². The predicted molar refractivity (Wildman–Crippen MR) is 75.5 cm³/mol. The van der Waals surface area contributed by atoms with Gasteiger partial charge < -0.3 is 4.74 Å². The molecule has 1 aliphatic carbocycles. The molecule has 110 valence electrons. The van der Waals surface area contributed by atoms with Gasteiger partial charge in [-0.3, -0.25) is 0 Å². The molecule has 1 saturated heterocycles. The van der Waals surface area contributed by atoms with Gasteiger partial charge in [-0.15, -0.1) is 0 Å². The molecule has 0 aromatic carbocycles. The molecule has 0 radical (unpaired) electrons. The van der Waals surface area contributed by atoms with Gasteiger partial charge in [0, 0.05) is 12.7 Å². The number of morpholine rings is 1. The highest BCUT2D eigenvalue weighted by atomic mass is 35.5. The van der Waals surface area contributed by atoms with E-state index in [1.165, 1.54) is 16.6 Å². The van der Waals surface area contributed by atoms with Gasteiger partial charge >= 0.3 is 0 Å². The lowest BCUT2D eigenvalue weighted by Crippen LogP contribution is -2.51. The first-order valence-electron chi connectivity index (χ1n) is 6.44. The normalized spacial score (nSPS) is 27.5. The fourth-order valence-corrected chi connectivity index (χ4v) is 4.84. The Morgan fingerprint density at radius 1 is 1.35 bits per heavy atom. The number of aromatic nitrogens is 1. The second-order valence-electron chi connectivity index (χ2n) is 4.97. The Balaban J connectivity index is 1.96. The minimum absolute atomic E-state index is 0.00857. The molecule has 3 rings (SSSR count). The van der Waals surface area contributed by atoms with E-state index in [9.17, 15) is 8.42 Å². The zero-order chi connectivity index (χ0) is 14.3. The number of ether oxygens (including phenoxy) is 1. The summed E-state index contributed by atoms with van der Waals surface area (Å²) >= 11 is 11.6. The largest absolute Gasteiger partial charge is 0.375 e. The van der Waals surface area contributed by atoms with E-state index in [0.717, 1.165) is 19.3 Å². The monoisotopic (exact) mass is 336 g/mol. The first-order chi connectivity index (χ1) is 9.50. The van der Waals surface area contributed by atoms with E-state index < -0.39 is 10.0 Å². The molecule has 2 atom stereocenters. The highest BCUT2D eigenvalue weighted by Crippen LogP contribution is 2.34. The molecule has 2 heterocycles. The van der Waals surface area contributed by atoms with Crippen LogP contribution in [-0.2, 0) is 14.8 Å². The summed E-state index contributed by atoms with van der Waals surface area (Å²) in [6.07, 6.45) is 3.99. The predicted octanol–water partition coefficient (Wildman–Crippen LogP) is 2.33. The summed E-state index contributed by atoms with van der Waals surface area (Å²) in [4.78, 5) is 3.90. The molecule has 0 amide bonds. The lowest BCUT2D eigenvalue weighted by atomic mass is 10.2. The van der Waals surface area contributed by atoms with Crippen molar-refractivity contribution in [1.82, 2.24) is 9.29 Å². The van der Waals surface area contributed by atoms with Crippen LogP contribution in [0, 0.1) is 0 Å². The van der Waals surface area contributed by atoms with E-state index in [1.54, 1.807) is 0 Å².